The van der Waals surface area contributed by atoms with Crippen molar-refractivity contribution in [3.05, 3.63) is 52.4 Å². The lowest BCUT2D eigenvalue weighted by atomic mass is 9.74. The molecule has 3 aliphatic rings. The standard InChI is InChI=1S/C32H38ClF3N4O3/c1-17(20-14-37-25-7-5-6-24(33)26(20)25)16-39(19-12-22-23(13-19)30(22,2)3)28(41)21-15-38-40(27(21)32(34,35)36)18-8-10-31(4,11-9-18)29(42)43/h5-7,14-15,17-19,22-23,37H,8-13,16H2,1-4H3,(H,42,43)/t17?,18-,19-,22-,23+,31-. The molecular formula is C32H38ClF3N4O3. The minimum atomic E-state index is -4.81. The first-order valence-electron chi connectivity index (χ1n) is 15.1. The molecule has 0 aliphatic heterocycles. The number of amides is 1. The second-order valence-corrected chi connectivity index (χ2v) is 14.3. The van der Waals surface area contributed by atoms with E-state index in [-0.39, 0.29) is 49.6 Å². The summed E-state index contributed by atoms with van der Waals surface area (Å²) in [5.74, 6) is -0.912. The predicted molar refractivity (Wildman–Crippen MR) is 157 cm³/mol. The number of carbonyl (C=O) groups excluding carboxylic acids is 1. The number of hydrogen-bond acceptors (Lipinski definition) is 3. The highest BCUT2D eigenvalue weighted by molar-refractivity contribution is 6.35. The van der Waals surface area contributed by atoms with Crippen molar-refractivity contribution in [1.82, 2.24) is 19.7 Å². The molecule has 1 unspecified atom stereocenters. The SMILES string of the molecule is CC(CN(C(=O)c1cnn([C@H]2CC[C@](C)(C(=O)O)CC2)c1C(F)(F)F)[C@@H]1C[C@@H]2[C@H](C1)C2(C)C)c1c[nH]c2cccc(Cl)c12. The number of H-pyrrole nitrogens is 1. The van der Waals surface area contributed by atoms with Gasteiger partial charge in [-0.25, -0.2) is 0 Å². The molecule has 2 heterocycles. The third kappa shape index (κ3) is 5.03. The van der Waals surface area contributed by atoms with E-state index in [0.29, 0.717) is 16.9 Å². The second-order valence-electron chi connectivity index (χ2n) is 13.9. The largest absolute Gasteiger partial charge is 0.481 e. The highest BCUT2D eigenvalue weighted by atomic mass is 35.5. The Hall–Kier alpha value is -3.01. The van der Waals surface area contributed by atoms with Gasteiger partial charge in [0.25, 0.3) is 5.91 Å². The zero-order valence-electron chi connectivity index (χ0n) is 24.8. The number of halogens is 4. The van der Waals surface area contributed by atoms with Gasteiger partial charge in [0, 0.05) is 35.6 Å². The van der Waals surface area contributed by atoms with Crippen LogP contribution in [-0.2, 0) is 11.0 Å². The van der Waals surface area contributed by atoms with Gasteiger partial charge in [0.2, 0.25) is 0 Å². The first kappa shape index (κ1) is 30.0. The minimum absolute atomic E-state index is 0.172. The molecule has 2 aromatic heterocycles. The third-order valence-corrected chi connectivity index (χ3v) is 11.3. The van der Waals surface area contributed by atoms with Gasteiger partial charge in [-0.15, -0.1) is 0 Å². The molecule has 7 nitrogen and oxygen atoms in total. The summed E-state index contributed by atoms with van der Waals surface area (Å²) in [7, 11) is 0. The lowest BCUT2D eigenvalue weighted by molar-refractivity contribution is -0.152. The van der Waals surface area contributed by atoms with Crippen molar-refractivity contribution in [1.29, 1.82) is 0 Å². The van der Waals surface area contributed by atoms with Crippen molar-refractivity contribution in [3.8, 4) is 0 Å². The number of carboxylic acids is 1. The van der Waals surface area contributed by atoms with E-state index in [9.17, 15) is 27.9 Å². The normalized spacial score (nSPS) is 28.9. The number of carboxylic acid groups (broad SMARTS) is 1. The minimum Gasteiger partial charge on any atom is -0.481 e. The Kier molecular flexibility index (Phi) is 7.18. The van der Waals surface area contributed by atoms with Gasteiger partial charge in [-0.05, 0) is 80.4 Å². The highest BCUT2D eigenvalue weighted by Gasteiger charge is 2.63. The monoisotopic (exact) mass is 618 g/mol. The Bertz CT molecular complexity index is 1560. The van der Waals surface area contributed by atoms with Crippen LogP contribution >= 0.6 is 11.6 Å². The van der Waals surface area contributed by atoms with Crippen LogP contribution in [0.5, 0.6) is 0 Å². The summed E-state index contributed by atoms with van der Waals surface area (Å²) in [6, 6.07) is 4.77. The molecule has 0 spiro atoms. The summed E-state index contributed by atoms with van der Waals surface area (Å²) >= 11 is 6.54. The number of aromatic nitrogens is 3. The molecule has 3 aliphatic carbocycles. The van der Waals surface area contributed by atoms with Gasteiger partial charge in [-0.2, -0.15) is 18.3 Å². The van der Waals surface area contributed by atoms with Crippen molar-refractivity contribution < 1.29 is 27.9 Å². The van der Waals surface area contributed by atoms with Gasteiger partial charge in [0.05, 0.1) is 28.2 Å². The van der Waals surface area contributed by atoms with Crippen molar-refractivity contribution in [2.24, 2.45) is 22.7 Å². The fraction of sp³-hybridized carbons (Fsp3) is 0.594. The summed E-state index contributed by atoms with van der Waals surface area (Å²) in [6.07, 6.45) is 0.608. The molecule has 43 heavy (non-hydrogen) atoms. The van der Waals surface area contributed by atoms with Gasteiger partial charge >= 0.3 is 12.1 Å². The van der Waals surface area contributed by atoms with E-state index in [4.69, 9.17) is 11.6 Å². The van der Waals surface area contributed by atoms with Gasteiger partial charge < -0.3 is 15.0 Å². The third-order valence-electron chi connectivity index (χ3n) is 10.9. The van der Waals surface area contributed by atoms with E-state index in [1.807, 2.05) is 25.3 Å². The van der Waals surface area contributed by atoms with Crippen LogP contribution in [0.1, 0.15) is 99.8 Å². The molecule has 1 aromatic carbocycles. The second kappa shape index (κ2) is 10.3. The number of benzene rings is 1. The number of nitrogens with zero attached hydrogens (tertiary/aromatic N) is 3. The summed E-state index contributed by atoms with van der Waals surface area (Å²) < 4.78 is 45.1. The molecule has 0 bridgehead atoms. The van der Waals surface area contributed by atoms with Crippen LogP contribution in [0, 0.1) is 22.7 Å². The topological polar surface area (TPSA) is 91.2 Å². The van der Waals surface area contributed by atoms with Gasteiger partial charge in [0.1, 0.15) is 0 Å². The lowest BCUT2D eigenvalue weighted by Crippen LogP contribution is -2.43. The molecule has 3 fully saturated rings. The summed E-state index contributed by atoms with van der Waals surface area (Å²) in [5.41, 5.74) is -0.494. The number of aliphatic carboxylic acids is 1. The predicted octanol–water partition coefficient (Wildman–Crippen LogP) is 7.92. The van der Waals surface area contributed by atoms with Crippen molar-refractivity contribution in [3.63, 3.8) is 0 Å². The summed E-state index contributed by atoms with van der Waals surface area (Å²) in [6.45, 7) is 8.27. The fourth-order valence-electron chi connectivity index (χ4n) is 8.01. The maximum absolute atomic E-state index is 14.7. The van der Waals surface area contributed by atoms with E-state index >= 15 is 0 Å². The maximum atomic E-state index is 14.7. The molecule has 1 amide bonds. The van der Waals surface area contributed by atoms with Crippen molar-refractivity contribution in [2.75, 3.05) is 6.54 Å². The Labute approximate surface area is 253 Å². The Morgan fingerprint density at radius 1 is 1.19 bits per heavy atom. The van der Waals surface area contributed by atoms with Gasteiger partial charge in [0.15, 0.2) is 5.69 Å². The zero-order chi connectivity index (χ0) is 31.1. The molecule has 0 saturated heterocycles. The Morgan fingerprint density at radius 3 is 2.44 bits per heavy atom. The van der Waals surface area contributed by atoms with Crippen LogP contribution in [0.2, 0.25) is 5.02 Å². The van der Waals surface area contributed by atoms with Crippen LogP contribution in [-0.4, -0.2) is 49.2 Å². The first-order chi connectivity index (χ1) is 20.1. The number of nitrogens with one attached hydrogen (secondary N) is 1. The van der Waals surface area contributed by atoms with Crippen molar-refractivity contribution >= 4 is 34.4 Å². The Morgan fingerprint density at radius 2 is 1.84 bits per heavy atom. The smallest absolute Gasteiger partial charge is 0.433 e. The van der Waals surface area contributed by atoms with Crippen LogP contribution in [0.4, 0.5) is 13.2 Å². The average Bonchev–Trinajstić information content (AvgIpc) is 3.51. The molecular weight excluding hydrogens is 581 g/mol. The summed E-state index contributed by atoms with van der Waals surface area (Å²) in [4.78, 5) is 30.9. The van der Waals surface area contributed by atoms with E-state index in [1.165, 1.54) is 0 Å². The van der Waals surface area contributed by atoms with Crippen LogP contribution < -0.4 is 0 Å². The Balaban J connectivity index is 1.33. The molecule has 0 radical (unpaired) electrons. The summed E-state index contributed by atoms with van der Waals surface area (Å²) in [5, 5.41) is 15.2. The number of rotatable bonds is 7. The van der Waals surface area contributed by atoms with Crippen LogP contribution in [0.25, 0.3) is 10.9 Å². The molecule has 232 valence electrons. The molecule has 2 N–H and O–H groups in total. The van der Waals surface area contributed by atoms with E-state index in [0.717, 1.165) is 40.2 Å². The molecule has 6 rings (SSSR count). The molecule has 4 atom stereocenters. The first-order valence-corrected chi connectivity index (χ1v) is 15.5. The quantitative estimate of drug-likeness (QED) is 0.281. The molecule has 11 heteroatoms. The van der Waals surface area contributed by atoms with Crippen LogP contribution in [0.3, 0.4) is 0 Å². The van der Waals surface area contributed by atoms with Crippen LogP contribution in [0.15, 0.2) is 30.6 Å². The zero-order valence-corrected chi connectivity index (χ0v) is 25.6. The lowest BCUT2D eigenvalue weighted by Gasteiger charge is -2.35. The van der Waals surface area contributed by atoms with E-state index in [1.54, 1.807) is 17.9 Å². The number of fused-ring (bicyclic) bond motifs is 2. The fourth-order valence-corrected chi connectivity index (χ4v) is 8.29. The van der Waals surface area contributed by atoms with Gasteiger partial charge in [-0.1, -0.05) is 38.4 Å². The number of hydrogen-bond donors (Lipinski definition) is 2. The highest BCUT2D eigenvalue weighted by Crippen LogP contribution is 2.67. The number of alkyl halides is 3. The van der Waals surface area contributed by atoms with Crippen molar-refractivity contribution in [2.45, 2.75) is 90.4 Å². The molecule has 3 saturated carbocycles. The average molecular weight is 619 g/mol. The van der Waals surface area contributed by atoms with E-state index < -0.39 is 40.8 Å². The van der Waals surface area contributed by atoms with Gasteiger partial charge in [-0.3, -0.25) is 14.3 Å². The number of aromatic amines is 1. The number of carbonyl (C=O) groups is 2. The van der Waals surface area contributed by atoms with E-state index in [2.05, 4.69) is 23.9 Å². The maximum Gasteiger partial charge on any atom is 0.433 e. The molecule has 3 aromatic rings.